The summed E-state index contributed by atoms with van der Waals surface area (Å²) in [4.78, 5) is 20.3. The second-order valence-electron chi connectivity index (χ2n) is 11.8. The highest BCUT2D eigenvalue weighted by Crippen LogP contribution is 2.74. The van der Waals surface area contributed by atoms with Gasteiger partial charge in [-0.2, -0.15) is 0 Å². The average molecular weight is 467 g/mol. The topological polar surface area (TPSA) is 69.6 Å². The Kier molecular flexibility index (Phi) is 4.32. The quantitative estimate of drug-likeness (QED) is 0.293. The summed E-state index contributed by atoms with van der Waals surface area (Å²) in [7, 11) is 5.68. The van der Waals surface area contributed by atoms with Crippen LogP contribution in [0.25, 0.3) is 0 Å². The zero-order valence-corrected chi connectivity index (χ0v) is 21.1. The molecule has 182 valence electrons. The molecule has 6 aliphatic rings. The Morgan fingerprint density at radius 2 is 2.00 bits per heavy atom. The molecule has 1 unspecified atom stereocenters. The zero-order chi connectivity index (χ0) is 24.3. The standard InChI is InChI=1S/C27H34N2O5/c1-15(28-34-23(30)24(2,3)4)17-13-25-10-11-27(17,32-7)22-26(25)14-29(5)19(25)12-16-8-9-18(31-6)21(33-22)20(16)26/h8-11,17,19,22H,12-14H2,1-7H3/b28-15+/t17?,19-,22-,25-,26+,27-/m1/s1. The Hall–Kier alpha value is -2.38. The molecule has 7 heteroatoms. The summed E-state index contributed by atoms with van der Waals surface area (Å²) in [6.45, 7) is 8.34. The van der Waals surface area contributed by atoms with E-state index in [9.17, 15) is 4.79 Å². The Labute approximate surface area is 201 Å². The van der Waals surface area contributed by atoms with Gasteiger partial charge in [-0.3, -0.25) is 0 Å². The lowest BCUT2D eigenvalue weighted by molar-refractivity contribution is -0.162. The van der Waals surface area contributed by atoms with Crippen LogP contribution in [-0.2, 0) is 26.2 Å². The van der Waals surface area contributed by atoms with Crippen LogP contribution in [0.2, 0.25) is 0 Å². The van der Waals surface area contributed by atoms with Gasteiger partial charge in [0.05, 0.1) is 23.7 Å². The third-order valence-electron chi connectivity index (χ3n) is 9.31. The number of benzene rings is 1. The molecule has 2 aliphatic heterocycles. The molecule has 7 rings (SSSR count). The van der Waals surface area contributed by atoms with Crippen molar-refractivity contribution in [3.05, 3.63) is 35.4 Å². The van der Waals surface area contributed by atoms with Crippen LogP contribution < -0.4 is 9.47 Å². The molecule has 2 heterocycles. The normalized spacial score (nSPS) is 39.1. The number of nitrogens with zero attached hydrogens (tertiary/aromatic N) is 2. The van der Waals surface area contributed by atoms with E-state index in [0.717, 1.165) is 36.6 Å². The first-order valence-electron chi connectivity index (χ1n) is 12.1. The number of fused-ring (bicyclic) bond motifs is 1. The Balaban J connectivity index is 1.51. The van der Waals surface area contributed by atoms with Crippen molar-refractivity contribution >= 4 is 11.7 Å². The van der Waals surface area contributed by atoms with Gasteiger partial charge in [0, 0.05) is 36.6 Å². The van der Waals surface area contributed by atoms with E-state index in [-0.39, 0.29) is 28.8 Å². The second-order valence-corrected chi connectivity index (χ2v) is 11.8. The molecule has 1 saturated carbocycles. The highest BCUT2D eigenvalue weighted by Gasteiger charge is 2.81. The molecule has 6 atom stereocenters. The van der Waals surface area contributed by atoms with Crippen molar-refractivity contribution in [1.29, 1.82) is 0 Å². The number of methoxy groups -OCH3 is 2. The monoisotopic (exact) mass is 466 g/mol. The minimum Gasteiger partial charge on any atom is -0.493 e. The molecule has 2 spiro atoms. The van der Waals surface area contributed by atoms with Gasteiger partial charge in [0.25, 0.3) is 0 Å². The number of ether oxygens (including phenoxy) is 3. The van der Waals surface area contributed by atoms with Crippen molar-refractivity contribution < 1.29 is 23.8 Å². The first kappa shape index (κ1) is 22.1. The van der Waals surface area contributed by atoms with Gasteiger partial charge in [0.2, 0.25) is 0 Å². The van der Waals surface area contributed by atoms with Crippen LogP contribution >= 0.6 is 0 Å². The zero-order valence-electron chi connectivity index (χ0n) is 21.1. The predicted molar refractivity (Wildman–Crippen MR) is 127 cm³/mol. The maximum absolute atomic E-state index is 12.4. The predicted octanol–water partition coefficient (Wildman–Crippen LogP) is 3.49. The van der Waals surface area contributed by atoms with Crippen LogP contribution in [-0.4, -0.2) is 62.1 Å². The van der Waals surface area contributed by atoms with Gasteiger partial charge < -0.3 is 23.9 Å². The molecular formula is C27H34N2O5. The third kappa shape index (κ3) is 2.30. The summed E-state index contributed by atoms with van der Waals surface area (Å²) >= 11 is 0. The average Bonchev–Trinajstić information content (AvgIpc) is 3.24. The van der Waals surface area contributed by atoms with Crippen LogP contribution in [0.1, 0.15) is 45.2 Å². The van der Waals surface area contributed by atoms with E-state index in [1.54, 1.807) is 14.2 Å². The van der Waals surface area contributed by atoms with Crippen LogP contribution in [0, 0.1) is 16.7 Å². The highest BCUT2D eigenvalue weighted by molar-refractivity contribution is 5.88. The molecule has 4 bridgehead atoms. The largest absolute Gasteiger partial charge is 0.493 e. The highest BCUT2D eigenvalue weighted by atomic mass is 16.7. The Bertz CT molecular complexity index is 1150. The van der Waals surface area contributed by atoms with Gasteiger partial charge in [-0.1, -0.05) is 23.4 Å². The molecular weight excluding hydrogens is 432 g/mol. The fourth-order valence-corrected chi connectivity index (χ4v) is 7.81. The lowest BCUT2D eigenvalue weighted by atomic mass is 9.40. The van der Waals surface area contributed by atoms with Crippen LogP contribution in [0.3, 0.4) is 0 Å². The summed E-state index contributed by atoms with van der Waals surface area (Å²) in [5, 5.41) is 4.35. The second kappa shape index (κ2) is 6.64. The molecule has 0 radical (unpaired) electrons. The number of hydrogen-bond donors (Lipinski definition) is 0. The van der Waals surface area contributed by atoms with E-state index < -0.39 is 11.0 Å². The number of carbonyl (C=O) groups is 1. The van der Waals surface area contributed by atoms with Crippen molar-refractivity contribution in [2.45, 2.75) is 63.7 Å². The Morgan fingerprint density at radius 3 is 2.68 bits per heavy atom. The fraction of sp³-hybridized carbons (Fsp3) is 0.630. The van der Waals surface area contributed by atoms with Crippen molar-refractivity contribution in [2.75, 3.05) is 27.8 Å². The third-order valence-corrected chi connectivity index (χ3v) is 9.31. The SMILES string of the molecule is COc1ccc2c3c1O[C@@H]1[C@]34CN(C)[C@H](C2)[C@]42C=C[C@@]1(OC)C(/C(C)=N/OC(=O)C(C)(C)C)C2. The van der Waals surface area contributed by atoms with E-state index >= 15 is 0 Å². The lowest BCUT2D eigenvalue weighted by Crippen LogP contribution is -2.74. The van der Waals surface area contributed by atoms with E-state index in [1.807, 2.05) is 33.8 Å². The number of hydrogen-bond acceptors (Lipinski definition) is 7. The van der Waals surface area contributed by atoms with Crippen molar-refractivity contribution in [3.8, 4) is 11.5 Å². The number of likely N-dealkylation sites (N-methyl/N-ethyl adjacent to an activating group) is 1. The van der Waals surface area contributed by atoms with E-state index in [0.29, 0.717) is 6.04 Å². The minimum atomic E-state index is -0.724. The van der Waals surface area contributed by atoms with Gasteiger partial charge in [-0.25, -0.2) is 4.79 Å². The molecule has 1 aromatic rings. The van der Waals surface area contributed by atoms with Crippen LogP contribution in [0.15, 0.2) is 29.4 Å². The van der Waals surface area contributed by atoms with E-state index in [2.05, 4.69) is 35.3 Å². The van der Waals surface area contributed by atoms with Gasteiger partial charge in [-0.05, 0) is 59.2 Å². The van der Waals surface area contributed by atoms with Crippen LogP contribution in [0.4, 0.5) is 0 Å². The molecule has 34 heavy (non-hydrogen) atoms. The van der Waals surface area contributed by atoms with Gasteiger partial charge in [-0.15, -0.1) is 0 Å². The summed E-state index contributed by atoms with van der Waals surface area (Å²) in [5.41, 5.74) is 1.74. The molecule has 0 amide bonds. The first-order valence-corrected chi connectivity index (χ1v) is 12.1. The summed E-state index contributed by atoms with van der Waals surface area (Å²) in [6.07, 6.45) is 6.23. The van der Waals surface area contributed by atoms with Gasteiger partial charge in [0.15, 0.2) is 11.5 Å². The molecule has 1 saturated heterocycles. The summed E-state index contributed by atoms with van der Waals surface area (Å²) in [6, 6.07) is 4.60. The number of rotatable bonds is 4. The minimum absolute atomic E-state index is 0.0794. The maximum atomic E-state index is 12.4. The smallest absolute Gasteiger partial charge is 0.340 e. The van der Waals surface area contributed by atoms with Gasteiger partial charge >= 0.3 is 5.97 Å². The fourth-order valence-electron chi connectivity index (χ4n) is 7.81. The van der Waals surface area contributed by atoms with E-state index in [1.165, 1.54) is 11.1 Å². The molecule has 4 aliphatic carbocycles. The maximum Gasteiger partial charge on any atom is 0.340 e. The summed E-state index contributed by atoms with van der Waals surface area (Å²) < 4.78 is 19.0. The molecule has 1 aromatic carbocycles. The molecule has 0 N–H and O–H groups in total. The number of oxime groups is 1. The van der Waals surface area contributed by atoms with Crippen molar-refractivity contribution in [3.63, 3.8) is 0 Å². The number of carbonyl (C=O) groups excluding carboxylic acids is 1. The van der Waals surface area contributed by atoms with Crippen molar-refractivity contribution in [1.82, 2.24) is 4.90 Å². The summed E-state index contributed by atoms with van der Waals surface area (Å²) in [5.74, 6) is 1.21. The van der Waals surface area contributed by atoms with E-state index in [4.69, 9.17) is 19.0 Å². The number of likely N-dealkylation sites (tertiary alicyclic amines) is 1. The van der Waals surface area contributed by atoms with Crippen LogP contribution in [0.5, 0.6) is 11.5 Å². The Morgan fingerprint density at radius 1 is 1.24 bits per heavy atom. The molecule has 7 nitrogen and oxygen atoms in total. The first-order chi connectivity index (χ1) is 16.1. The molecule has 0 aromatic heterocycles. The lowest BCUT2D eigenvalue weighted by Gasteiger charge is -2.64. The van der Waals surface area contributed by atoms with Crippen molar-refractivity contribution in [2.24, 2.45) is 21.9 Å². The molecule has 2 fully saturated rings. The van der Waals surface area contributed by atoms with Gasteiger partial charge in [0.1, 0.15) is 11.7 Å².